The Morgan fingerprint density at radius 3 is 2.52 bits per heavy atom. The fraction of sp³-hybridized carbons (Fsp3) is 0.316. The van der Waals surface area contributed by atoms with Crippen LogP contribution in [0.5, 0.6) is 5.75 Å². The second kappa shape index (κ2) is 9.66. The van der Waals surface area contributed by atoms with E-state index in [1.54, 1.807) is 0 Å². The summed E-state index contributed by atoms with van der Waals surface area (Å²) in [5.74, 6) is 0.418. The lowest BCUT2D eigenvalue weighted by Gasteiger charge is -2.23. The summed E-state index contributed by atoms with van der Waals surface area (Å²) in [5.41, 5.74) is 2.11. The topological polar surface area (TPSA) is 50.4 Å². The van der Waals surface area contributed by atoms with Gasteiger partial charge in [-0.2, -0.15) is 0 Å². The number of hydrogen-bond donors (Lipinski definition) is 2. The van der Waals surface area contributed by atoms with Crippen LogP contribution in [0.15, 0.2) is 48.5 Å². The first kappa shape index (κ1) is 19.6. The van der Waals surface area contributed by atoms with Gasteiger partial charge in [0.15, 0.2) is 6.61 Å². The van der Waals surface area contributed by atoms with Crippen molar-refractivity contribution in [2.45, 2.75) is 18.9 Å². The second-order valence-electron chi connectivity index (χ2n) is 5.89. The monoisotopic (exact) mass is 380 g/mol. The minimum absolute atomic E-state index is 0. The van der Waals surface area contributed by atoms with Gasteiger partial charge in [-0.3, -0.25) is 4.79 Å². The number of piperidine rings is 1. The first-order valence-electron chi connectivity index (χ1n) is 8.20. The standard InChI is InChI=1S/C19H21ClN2O2.ClH/c20-17-12-15(14-4-2-1-3-5-14)6-7-18(17)24-13-19(23)22-16-8-10-21-11-9-16;/h1-7,12,16,21H,8-11,13H2,(H,22,23);1H. The van der Waals surface area contributed by atoms with E-state index in [0.29, 0.717) is 10.8 Å². The van der Waals surface area contributed by atoms with Crippen LogP contribution in [0.2, 0.25) is 5.02 Å². The van der Waals surface area contributed by atoms with E-state index in [-0.39, 0.29) is 31.0 Å². The van der Waals surface area contributed by atoms with Gasteiger partial charge < -0.3 is 15.4 Å². The summed E-state index contributed by atoms with van der Waals surface area (Å²) in [6.07, 6.45) is 1.91. The Morgan fingerprint density at radius 2 is 1.84 bits per heavy atom. The Kier molecular flexibility index (Phi) is 7.56. The zero-order chi connectivity index (χ0) is 16.8. The highest BCUT2D eigenvalue weighted by atomic mass is 35.5. The van der Waals surface area contributed by atoms with Crippen molar-refractivity contribution in [2.75, 3.05) is 19.7 Å². The third-order valence-corrected chi connectivity index (χ3v) is 4.40. The van der Waals surface area contributed by atoms with E-state index < -0.39 is 0 Å². The van der Waals surface area contributed by atoms with Crippen molar-refractivity contribution in [3.63, 3.8) is 0 Å². The van der Waals surface area contributed by atoms with Crippen LogP contribution in [-0.2, 0) is 4.79 Å². The number of halogens is 2. The molecule has 1 aliphatic heterocycles. The quantitative estimate of drug-likeness (QED) is 0.831. The van der Waals surface area contributed by atoms with Gasteiger partial charge in [-0.1, -0.05) is 48.0 Å². The van der Waals surface area contributed by atoms with Crippen LogP contribution in [0.25, 0.3) is 11.1 Å². The third-order valence-electron chi connectivity index (χ3n) is 4.10. The predicted molar refractivity (Wildman–Crippen MR) is 104 cm³/mol. The van der Waals surface area contributed by atoms with Gasteiger partial charge in [0.05, 0.1) is 5.02 Å². The van der Waals surface area contributed by atoms with Gasteiger partial charge in [0, 0.05) is 6.04 Å². The maximum absolute atomic E-state index is 12.0. The molecule has 0 spiro atoms. The maximum Gasteiger partial charge on any atom is 0.258 e. The zero-order valence-corrected chi connectivity index (χ0v) is 15.4. The number of hydrogen-bond acceptors (Lipinski definition) is 3. The van der Waals surface area contributed by atoms with Gasteiger partial charge >= 0.3 is 0 Å². The summed E-state index contributed by atoms with van der Waals surface area (Å²) < 4.78 is 5.57. The predicted octanol–water partition coefficient (Wildman–Crippen LogP) is 3.68. The van der Waals surface area contributed by atoms with Gasteiger partial charge in [-0.25, -0.2) is 0 Å². The number of nitrogens with one attached hydrogen (secondary N) is 2. The molecule has 0 saturated carbocycles. The van der Waals surface area contributed by atoms with Gasteiger partial charge in [-0.15, -0.1) is 12.4 Å². The Morgan fingerprint density at radius 1 is 1.12 bits per heavy atom. The van der Waals surface area contributed by atoms with Gasteiger partial charge in [-0.05, 0) is 49.2 Å². The van der Waals surface area contributed by atoms with Crippen molar-refractivity contribution >= 4 is 29.9 Å². The van der Waals surface area contributed by atoms with Crippen molar-refractivity contribution in [2.24, 2.45) is 0 Å². The molecule has 1 heterocycles. The molecule has 1 amide bonds. The molecule has 1 aliphatic rings. The van der Waals surface area contributed by atoms with Crippen LogP contribution in [0.4, 0.5) is 0 Å². The van der Waals surface area contributed by atoms with E-state index in [4.69, 9.17) is 16.3 Å². The molecule has 134 valence electrons. The molecule has 0 unspecified atom stereocenters. The largest absolute Gasteiger partial charge is 0.482 e. The van der Waals surface area contributed by atoms with E-state index in [9.17, 15) is 4.79 Å². The van der Waals surface area contributed by atoms with E-state index in [1.807, 2.05) is 48.5 Å². The average molecular weight is 381 g/mol. The molecule has 1 saturated heterocycles. The number of carbonyl (C=O) groups is 1. The molecule has 0 radical (unpaired) electrons. The summed E-state index contributed by atoms with van der Waals surface area (Å²) in [4.78, 5) is 12.0. The summed E-state index contributed by atoms with van der Waals surface area (Å²) in [6, 6.07) is 15.8. The SMILES string of the molecule is Cl.O=C(COc1ccc(-c2ccccc2)cc1Cl)NC1CCNCC1. The summed E-state index contributed by atoms with van der Waals surface area (Å²) in [6.45, 7) is 1.87. The number of carbonyl (C=O) groups excluding carboxylic acids is 1. The molecule has 0 aliphatic carbocycles. The average Bonchev–Trinajstić information content (AvgIpc) is 2.62. The molecule has 0 atom stereocenters. The number of amides is 1. The zero-order valence-electron chi connectivity index (χ0n) is 13.8. The Hall–Kier alpha value is -1.75. The Balaban J connectivity index is 0.00000225. The van der Waals surface area contributed by atoms with E-state index in [2.05, 4.69) is 10.6 Å². The lowest BCUT2D eigenvalue weighted by atomic mass is 10.1. The van der Waals surface area contributed by atoms with Crippen LogP contribution in [0.1, 0.15) is 12.8 Å². The highest BCUT2D eigenvalue weighted by Gasteiger charge is 2.16. The molecule has 6 heteroatoms. The normalized spacial score (nSPS) is 14.4. The van der Waals surface area contributed by atoms with Gasteiger partial charge in [0.1, 0.15) is 5.75 Å². The van der Waals surface area contributed by atoms with Crippen molar-refractivity contribution in [1.29, 1.82) is 0 Å². The molecular formula is C19H22Cl2N2O2. The molecular weight excluding hydrogens is 359 g/mol. The molecule has 25 heavy (non-hydrogen) atoms. The third kappa shape index (κ3) is 5.63. The highest BCUT2D eigenvalue weighted by Crippen LogP contribution is 2.30. The van der Waals surface area contributed by atoms with Crippen LogP contribution < -0.4 is 15.4 Å². The lowest BCUT2D eigenvalue weighted by Crippen LogP contribution is -2.44. The van der Waals surface area contributed by atoms with E-state index in [1.165, 1.54) is 0 Å². The Labute approximate surface area is 159 Å². The van der Waals surface area contributed by atoms with Crippen LogP contribution in [0.3, 0.4) is 0 Å². The van der Waals surface area contributed by atoms with E-state index in [0.717, 1.165) is 37.1 Å². The van der Waals surface area contributed by atoms with Crippen molar-refractivity contribution < 1.29 is 9.53 Å². The molecule has 0 aromatic heterocycles. The molecule has 4 nitrogen and oxygen atoms in total. The maximum atomic E-state index is 12.0. The van der Waals surface area contributed by atoms with Crippen molar-refractivity contribution in [3.05, 3.63) is 53.6 Å². The Bertz CT molecular complexity index is 689. The van der Waals surface area contributed by atoms with Crippen molar-refractivity contribution in [3.8, 4) is 16.9 Å². The molecule has 2 aromatic carbocycles. The number of rotatable bonds is 5. The first-order chi connectivity index (χ1) is 11.7. The fourth-order valence-electron chi connectivity index (χ4n) is 2.81. The van der Waals surface area contributed by atoms with Crippen LogP contribution >= 0.6 is 24.0 Å². The summed E-state index contributed by atoms with van der Waals surface area (Å²) in [5, 5.41) is 6.78. The minimum atomic E-state index is -0.106. The summed E-state index contributed by atoms with van der Waals surface area (Å²) in [7, 11) is 0. The molecule has 1 fully saturated rings. The second-order valence-corrected chi connectivity index (χ2v) is 6.30. The van der Waals surface area contributed by atoms with Crippen LogP contribution in [-0.4, -0.2) is 31.6 Å². The molecule has 3 rings (SSSR count). The van der Waals surface area contributed by atoms with Gasteiger partial charge in [0.25, 0.3) is 5.91 Å². The number of benzene rings is 2. The summed E-state index contributed by atoms with van der Waals surface area (Å²) >= 11 is 6.29. The first-order valence-corrected chi connectivity index (χ1v) is 8.58. The fourth-order valence-corrected chi connectivity index (χ4v) is 3.04. The molecule has 2 aromatic rings. The molecule has 2 N–H and O–H groups in total. The molecule has 0 bridgehead atoms. The van der Waals surface area contributed by atoms with E-state index >= 15 is 0 Å². The number of ether oxygens (including phenoxy) is 1. The smallest absolute Gasteiger partial charge is 0.258 e. The van der Waals surface area contributed by atoms with Gasteiger partial charge in [0.2, 0.25) is 0 Å². The van der Waals surface area contributed by atoms with Crippen molar-refractivity contribution in [1.82, 2.24) is 10.6 Å². The lowest BCUT2D eigenvalue weighted by molar-refractivity contribution is -0.123. The highest BCUT2D eigenvalue weighted by molar-refractivity contribution is 6.32. The minimum Gasteiger partial charge on any atom is -0.482 e. The van der Waals surface area contributed by atoms with Crippen LogP contribution in [0, 0.1) is 0 Å².